The van der Waals surface area contributed by atoms with Crippen molar-refractivity contribution in [2.24, 2.45) is 0 Å². The van der Waals surface area contributed by atoms with Gasteiger partial charge in [0.15, 0.2) is 5.78 Å². The van der Waals surface area contributed by atoms with Crippen LogP contribution in [0.15, 0.2) is 48.5 Å². The van der Waals surface area contributed by atoms with Gasteiger partial charge in [0.05, 0.1) is 6.42 Å². The number of aromatic nitrogens is 4. The summed E-state index contributed by atoms with van der Waals surface area (Å²) in [6, 6.07) is 14.0. The first-order valence-electron chi connectivity index (χ1n) is 7.39. The molecule has 126 valence electrons. The fourth-order valence-corrected chi connectivity index (χ4v) is 2.24. The van der Waals surface area contributed by atoms with Crippen LogP contribution in [0.1, 0.15) is 33.0 Å². The number of hydrogen-bond donors (Lipinski definition) is 1. The molecule has 0 unspecified atom stereocenters. The molecule has 0 fully saturated rings. The fraction of sp³-hybridized carbons (Fsp3) is 0.118. The summed E-state index contributed by atoms with van der Waals surface area (Å²) in [5.41, 5.74) is 1.33. The highest BCUT2D eigenvalue weighted by atomic mass is 35.5. The summed E-state index contributed by atoms with van der Waals surface area (Å²) in [6.45, 7) is 0.344. The number of aromatic amines is 1. The first kappa shape index (κ1) is 16.8. The van der Waals surface area contributed by atoms with Crippen LogP contribution in [0.3, 0.4) is 0 Å². The van der Waals surface area contributed by atoms with Crippen LogP contribution >= 0.6 is 11.6 Å². The third kappa shape index (κ3) is 4.48. The Hall–Kier alpha value is -3.06. The zero-order chi connectivity index (χ0) is 17.6. The number of hydrogen-bond acceptors (Lipinski definition) is 6. The summed E-state index contributed by atoms with van der Waals surface area (Å²) >= 11 is 5.84. The number of benzene rings is 2. The van der Waals surface area contributed by atoms with Crippen molar-refractivity contribution >= 4 is 23.2 Å². The normalized spacial score (nSPS) is 10.4. The summed E-state index contributed by atoms with van der Waals surface area (Å²) in [5, 5.41) is 13.3. The molecule has 0 aliphatic rings. The predicted molar refractivity (Wildman–Crippen MR) is 89.7 cm³/mol. The zero-order valence-corrected chi connectivity index (χ0v) is 13.7. The van der Waals surface area contributed by atoms with E-state index in [1.54, 1.807) is 36.4 Å². The molecule has 0 saturated heterocycles. The highest BCUT2D eigenvalue weighted by Gasteiger charge is 2.17. The van der Waals surface area contributed by atoms with Gasteiger partial charge < -0.3 is 4.74 Å². The number of ether oxygens (including phenoxy) is 1. The quantitative estimate of drug-likeness (QED) is 0.516. The molecule has 0 radical (unpaired) electrons. The highest BCUT2D eigenvalue weighted by Crippen LogP contribution is 2.18. The Labute approximate surface area is 148 Å². The first-order valence-corrected chi connectivity index (χ1v) is 7.77. The summed E-state index contributed by atoms with van der Waals surface area (Å²) in [4.78, 5) is 24.1. The number of H-pyrrole nitrogens is 1. The van der Waals surface area contributed by atoms with E-state index in [0.29, 0.717) is 22.9 Å². The number of carbonyl (C=O) groups excluding carboxylic acids is 2. The lowest BCUT2D eigenvalue weighted by atomic mass is 10.1. The maximum atomic E-state index is 12.2. The van der Waals surface area contributed by atoms with Gasteiger partial charge in [0.1, 0.15) is 12.4 Å². The smallest absolute Gasteiger partial charge is 0.240 e. The van der Waals surface area contributed by atoms with Crippen LogP contribution in [0.2, 0.25) is 5.02 Å². The molecule has 0 atom stereocenters. The lowest BCUT2D eigenvalue weighted by molar-refractivity contribution is 0.0888. The molecule has 0 aliphatic heterocycles. The number of halogens is 1. The fourth-order valence-electron chi connectivity index (χ4n) is 2.11. The summed E-state index contributed by atoms with van der Waals surface area (Å²) in [6.07, 6.45) is -0.333. The van der Waals surface area contributed by atoms with E-state index in [4.69, 9.17) is 16.3 Å². The molecule has 8 heteroatoms. The molecule has 3 rings (SSSR count). The van der Waals surface area contributed by atoms with Gasteiger partial charge in [-0.1, -0.05) is 35.9 Å². The van der Waals surface area contributed by atoms with Crippen molar-refractivity contribution in [3.05, 3.63) is 70.5 Å². The topological polar surface area (TPSA) is 97.8 Å². The predicted octanol–water partition coefficient (Wildman–Crippen LogP) is 2.89. The Morgan fingerprint density at radius 2 is 1.88 bits per heavy atom. The van der Waals surface area contributed by atoms with Gasteiger partial charge in [0.2, 0.25) is 11.6 Å². The van der Waals surface area contributed by atoms with E-state index in [1.807, 2.05) is 12.1 Å². The van der Waals surface area contributed by atoms with Crippen molar-refractivity contribution < 1.29 is 14.3 Å². The Morgan fingerprint density at radius 3 is 2.60 bits per heavy atom. The number of carbonyl (C=O) groups is 2. The summed E-state index contributed by atoms with van der Waals surface area (Å²) in [5.74, 6) is -0.408. The SMILES string of the molecule is O=C(CC(=O)c1nn[nH]n1)c1cccc(OCc2ccc(Cl)cc2)c1. The van der Waals surface area contributed by atoms with Crippen molar-refractivity contribution in [1.82, 2.24) is 20.6 Å². The van der Waals surface area contributed by atoms with Crippen LogP contribution in [-0.4, -0.2) is 32.2 Å². The van der Waals surface area contributed by atoms with E-state index in [-0.39, 0.29) is 18.0 Å². The molecule has 3 aromatic rings. The second-order valence-corrected chi connectivity index (χ2v) is 5.64. The van der Waals surface area contributed by atoms with Crippen molar-refractivity contribution in [2.45, 2.75) is 13.0 Å². The van der Waals surface area contributed by atoms with Gasteiger partial charge in [0.25, 0.3) is 0 Å². The molecule has 7 nitrogen and oxygen atoms in total. The first-order chi connectivity index (χ1) is 12.1. The van der Waals surface area contributed by atoms with Crippen LogP contribution in [0, 0.1) is 0 Å². The number of Topliss-reactive ketones (excluding diaryl/α,β-unsaturated/α-hetero) is 2. The summed E-state index contributed by atoms with van der Waals surface area (Å²) in [7, 11) is 0. The minimum atomic E-state index is -0.494. The largest absolute Gasteiger partial charge is 0.489 e. The lowest BCUT2D eigenvalue weighted by Crippen LogP contribution is -2.10. The van der Waals surface area contributed by atoms with Crippen molar-refractivity contribution in [3.63, 3.8) is 0 Å². The van der Waals surface area contributed by atoms with Gasteiger partial charge in [-0.25, -0.2) is 0 Å². The standard InChI is InChI=1S/C17H13ClN4O3/c18-13-6-4-11(5-7-13)10-25-14-3-1-2-12(8-14)15(23)9-16(24)17-19-21-22-20-17/h1-8H,9-10H2,(H,19,20,21,22). The average molecular weight is 357 g/mol. The molecule has 1 N–H and O–H groups in total. The second-order valence-electron chi connectivity index (χ2n) is 5.20. The molecule has 0 amide bonds. The molecule has 1 aromatic heterocycles. The van der Waals surface area contributed by atoms with E-state index >= 15 is 0 Å². The molecule has 25 heavy (non-hydrogen) atoms. The summed E-state index contributed by atoms with van der Waals surface area (Å²) < 4.78 is 5.68. The van der Waals surface area contributed by atoms with Crippen LogP contribution < -0.4 is 4.74 Å². The van der Waals surface area contributed by atoms with E-state index < -0.39 is 5.78 Å². The molecule has 2 aromatic carbocycles. The third-order valence-electron chi connectivity index (χ3n) is 3.39. The minimum absolute atomic E-state index is 0.108. The number of nitrogens with one attached hydrogen (secondary N) is 1. The number of ketones is 2. The van der Waals surface area contributed by atoms with Crippen LogP contribution in [-0.2, 0) is 6.61 Å². The Bertz CT molecular complexity index is 879. The van der Waals surface area contributed by atoms with Crippen LogP contribution in [0.5, 0.6) is 5.75 Å². The second kappa shape index (κ2) is 7.67. The van der Waals surface area contributed by atoms with Crippen molar-refractivity contribution in [2.75, 3.05) is 0 Å². The maximum absolute atomic E-state index is 12.2. The third-order valence-corrected chi connectivity index (χ3v) is 3.64. The van der Waals surface area contributed by atoms with E-state index in [1.165, 1.54) is 0 Å². The number of tetrazole rings is 1. The van der Waals surface area contributed by atoms with Gasteiger partial charge in [0, 0.05) is 10.6 Å². The molecule has 0 saturated carbocycles. The van der Waals surface area contributed by atoms with E-state index in [9.17, 15) is 9.59 Å². The Kier molecular flexibility index (Phi) is 5.15. The van der Waals surface area contributed by atoms with Gasteiger partial charge in [-0.3, -0.25) is 9.59 Å². The molecular formula is C17H13ClN4O3. The lowest BCUT2D eigenvalue weighted by Gasteiger charge is -2.08. The molecule has 0 spiro atoms. The Morgan fingerprint density at radius 1 is 1.08 bits per heavy atom. The van der Waals surface area contributed by atoms with Crippen molar-refractivity contribution in [1.29, 1.82) is 0 Å². The van der Waals surface area contributed by atoms with Gasteiger partial charge in [-0.2, -0.15) is 5.21 Å². The van der Waals surface area contributed by atoms with E-state index in [0.717, 1.165) is 5.56 Å². The molecular weight excluding hydrogens is 344 g/mol. The van der Waals surface area contributed by atoms with Gasteiger partial charge in [-0.15, -0.1) is 10.2 Å². The van der Waals surface area contributed by atoms with Gasteiger partial charge >= 0.3 is 0 Å². The molecule has 0 aliphatic carbocycles. The van der Waals surface area contributed by atoms with Crippen LogP contribution in [0.4, 0.5) is 0 Å². The van der Waals surface area contributed by atoms with Gasteiger partial charge in [-0.05, 0) is 35.0 Å². The molecule has 1 heterocycles. The van der Waals surface area contributed by atoms with E-state index in [2.05, 4.69) is 20.6 Å². The Balaban J connectivity index is 1.63. The number of nitrogens with zero attached hydrogens (tertiary/aromatic N) is 3. The number of rotatable bonds is 7. The van der Waals surface area contributed by atoms with Crippen molar-refractivity contribution in [3.8, 4) is 5.75 Å². The highest BCUT2D eigenvalue weighted by molar-refractivity contribution is 6.30. The zero-order valence-electron chi connectivity index (χ0n) is 13.0. The maximum Gasteiger partial charge on any atom is 0.240 e. The monoisotopic (exact) mass is 356 g/mol. The molecule has 0 bridgehead atoms. The van der Waals surface area contributed by atoms with Crippen LogP contribution in [0.25, 0.3) is 0 Å². The minimum Gasteiger partial charge on any atom is -0.489 e. The average Bonchev–Trinajstić information content (AvgIpc) is 3.16.